The Bertz CT molecular complexity index is 322. The molecule has 1 rings (SSSR count). The summed E-state index contributed by atoms with van der Waals surface area (Å²) in [6.45, 7) is 9.18. The average Bonchev–Trinajstić information content (AvgIpc) is 2.25. The summed E-state index contributed by atoms with van der Waals surface area (Å²) in [6, 6.07) is 8.77. The summed E-state index contributed by atoms with van der Waals surface area (Å²) >= 11 is 0. The molecule has 1 aromatic carbocycles. The Kier molecular flexibility index (Phi) is 5.49. The van der Waals surface area contributed by atoms with Crippen molar-refractivity contribution in [2.24, 2.45) is 0 Å². The molecule has 0 atom stereocenters. The summed E-state index contributed by atoms with van der Waals surface area (Å²) in [5.74, 6) is 0. The molecule has 0 saturated heterocycles. The van der Waals surface area contributed by atoms with Crippen LogP contribution in [0.2, 0.25) is 26.2 Å². The van der Waals surface area contributed by atoms with Gasteiger partial charge in [-0.25, -0.2) is 0 Å². The van der Waals surface area contributed by atoms with Gasteiger partial charge >= 0.3 is 0 Å². The average molecular weight is 244 g/mol. The Morgan fingerprint density at radius 3 is 1.25 bits per heavy atom. The molecule has 0 spiro atoms. The van der Waals surface area contributed by atoms with Crippen LogP contribution in [-0.4, -0.2) is 17.6 Å². The van der Waals surface area contributed by atoms with Crippen molar-refractivity contribution in [1.29, 1.82) is 0 Å². The lowest BCUT2D eigenvalue weighted by Crippen LogP contribution is -1.92. The van der Waals surface area contributed by atoms with Crippen molar-refractivity contribution in [3.05, 3.63) is 46.8 Å². The van der Waals surface area contributed by atoms with Crippen LogP contribution >= 0.6 is 0 Å². The first-order valence-corrected chi connectivity index (χ1v) is 10.8. The molecule has 0 unspecified atom stereocenters. The molecule has 0 saturated carbocycles. The fraction of sp³-hybridized carbons (Fsp3) is 0.286. The Hall–Kier alpha value is -0.866. The third-order valence-electron chi connectivity index (χ3n) is 2.15. The molecule has 0 aliphatic rings. The highest BCUT2D eigenvalue weighted by atomic mass is 28.3. The molecule has 0 aliphatic carbocycles. The Balaban J connectivity index is 2.68. The molecule has 0 fully saturated rings. The van der Waals surface area contributed by atoms with Gasteiger partial charge in [-0.15, -0.1) is 0 Å². The van der Waals surface area contributed by atoms with Crippen LogP contribution < -0.4 is 0 Å². The van der Waals surface area contributed by atoms with Crippen LogP contribution in [0.4, 0.5) is 0 Å². The summed E-state index contributed by atoms with van der Waals surface area (Å²) in [7, 11) is -0.508. The van der Waals surface area contributed by atoms with Gasteiger partial charge in [-0.3, -0.25) is 0 Å². The van der Waals surface area contributed by atoms with Gasteiger partial charge in [-0.05, 0) is 11.1 Å². The topological polar surface area (TPSA) is 0 Å². The molecular formula is C14H20Si2. The number of hydrogen-bond acceptors (Lipinski definition) is 0. The molecule has 0 amide bonds. The summed E-state index contributed by atoms with van der Waals surface area (Å²) in [5.41, 5.74) is 7.27. The fourth-order valence-electron chi connectivity index (χ4n) is 1.24. The molecule has 0 bridgehead atoms. The maximum atomic E-state index is 2.33. The summed E-state index contributed by atoms with van der Waals surface area (Å²) in [6.07, 6.45) is 4.47. The van der Waals surface area contributed by atoms with E-state index in [9.17, 15) is 0 Å². The largest absolute Gasteiger partial charge is 0.0961 e. The maximum absolute atomic E-state index is 2.33. The Morgan fingerprint density at radius 2 is 1.00 bits per heavy atom. The zero-order valence-corrected chi connectivity index (χ0v) is 12.6. The van der Waals surface area contributed by atoms with Crippen molar-refractivity contribution >= 4 is 29.7 Å². The van der Waals surface area contributed by atoms with Crippen LogP contribution in [0, 0.1) is 0 Å². The van der Waals surface area contributed by atoms with E-state index in [4.69, 9.17) is 0 Å². The van der Waals surface area contributed by atoms with E-state index in [0.717, 1.165) is 0 Å². The zero-order valence-electron chi connectivity index (χ0n) is 10.6. The van der Waals surface area contributed by atoms with Gasteiger partial charge in [-0.1, -0.05) is 74.0 Å². The van der Waals surface area contributed by atoms with Gasteiger partial charge in [0.25, 0.3) is 0 Å². The first-order chi connectivity index (χ1) is 7.58. The minimum atomic E-state index is -0.254. The van der Waals surface area contributed by atoms with E-state index in [1.165, 1.54) is 11.1 Å². The molecule has 2 heteroatoms. The highest BCUT2D eigenvalue weighted by Crippen LogP contribution is 2.08. The van der Waals surface area contributed by atoms with E-state index in [1.54, 1.807) is 0 Å². The van der Waals surface area contributed by atoms with Gasteiger partial charge in [0.15, 0.2) is 0 Å². The fourth-order valence-corrected chi connectivity index (χ4v) is 2.30. The van der Waals surface area contributed by atoms with Gasteiger partial charge in [0.05, 0.1) is 17.6 Å². The van der Waals surface area contributed by atoms with Crippen LogP contribution in [0.1, 0.15) is 11.1 Å². The van der Waals surface area contributed by atoms with E-state index in [1.807, 2.05) is 0 Å². The van der Waals surface area contributed by atoms with Gasteiger partial charge in [0.1, 0.15) is 0 Å². The quantitative estimate of drug-likeness (QED) is 0.693. The molecule has 1 aromatic rings. The smallest absolute Gasteiger partial charge is 0.0693 e. The van der Waals surface area contributed by atoms with Crippen molar-refractivity contribution in [1.82, 2.24) is 0 Å². The highest BCUT2D eigenvalue weighted by molar-refractivity contribution is 6.62. The lowest BCUT2D eigenvalue weighted by atomic mass is 10.1. The van der Waals surface area contributed by atoms with Crippen molar-refractivity contribution in [2.45, 2.75) is 26.2 Å². The highest BCUT2D eigenvalue weighted by Gasteiger charge is 1.91. The summed E-state index contributed by atoms with van der Waals surface area (Å²) in [5, 5.41) is 0. The third kappa shape index (κ3) is 5.28. The van der Waals surface area contributed by atoms with Crippen molar-refractivity contribution in [3.63, 3.8) is 0 Å². The van der Waals surface area contributed by atoms with E-state index >= 15 is 0 Å². The molecule has 84 valence electrons. The summed E-state index contributed by atoms with van der Waals surface area (Å²) < 4.78 is 0. The lowest BCUT2D eigenvalue weighted by Gasteiger charge is -1.98. The molecule has 0 aliphatic heterocycles. The van der Waals surface area contributed by atoms with Crippen molar-refractivity contribution in [2.75, 3.05) is 0 Å². The first-order valence-electron chi connectivity index (χ1n) is 5.64. The minimum Gasteiger partial charge on any atom is -0.0961 e. The predicted octanol–water partition coefficient (Wildman–Crippen LogP) is 4.30. The normalized spacial score (nSPS) is 12.4. The molecule has 2 radical (unpaired) electrons. The molecule has 0 aromatic heterocycles. The van der Waals surface area contributed by atoms with Crippen LogP contribution in [0.5, 0.6) is 0 Å². The zero-order chi connectivity index (χ0) is 12.0. The lowest BCUT2D eigenvalue weighted by molar-refractivity contribution is 1.62. The molecule has 16 heavy (non-hydrogen) atoms. The summed E-state index contributed by atoms with van der Waals surface area (Å²) in [4.78, 5) is 0. The van der Waals surface area contributed by atoms with E-state index in [0.29, 0.717) is 0 Å². The number of benzene rings is 1. The second-order valence-corrected chi connectivity index (χ2v) is 9.46. The maximum Gasteiger partial charge on any atom is 0.0693 e. The number of rotatable bonds is 4. The molecule has 0 N–H and O–H groups in total. The van der Waals surface area contributed by atoms with Gasteiger partial charge in [0.2, 0.25) is 0 Å². The molecule has 0 nitrogen and oxygen atoms in total. The van der Waals surface area contributed by atoms with E-state index in [2.05, 4.69) is 74.0 Å². The third-order valence-corrected chi connectivity index (χ3v) is 3.82. The van der Waals surface area contributed by atoms with Gasteiger partial charge in [-0.2, -0.15) is 0 Å². The SMILES string of the molecule is C[Si](C)/C=C/c1ccc(/C=C/[Si](C)C)cc1. The second kappa shape index (κ2) is 6.66. The van der Waals surface area contributed by atoms with Gasteiger partial charge < -0.3 is 0 Å². The van der Waals surface area contributed by atoms with Crippen molar-refractivity contribution in [3.8, 4) is 0 Å². The van der Waals surface area contributed by atoms with Crippen LogP contribution in [0.3, 0.4) is 0 Å². The van der Waals surface area contributed by atoms with Crippen LogP contribution in [-0.2, 0) is 0 Å². The van der Waals surface area contributed by atoms with Crippen molar-refractivity contribution < 1.29 is 0 Å². The standard InChI is InChI=1S/C14H20Si2/c1-15(2)11-9-13-5-7-14(8-6-13)10-12-16(3)4/h5-12H,1-4H3/b11-9+,12-10+. The first kappa shape index (κ1) is 13.2. The van der Waals surface area contributed by atoms with Crippen LogP contribution in [0.25, 0.3) is 12.2 Å². The number of hydrogen-bond donors (Lipinski definition) is 0. The van der Waals surface area contributed by atoms with Gasteiger partial charge in [0, 0.05) is 0 Å². The Labute approximate surface area is 103 Å². The van der Waals surface area contributed by atoms with Crippen LogP contribution in [0.15, 0.2) is 35.7 Å². The van der Waals surface area contributed by atoms with E-state index in [-0.39, 0.29) is 17.6 Å². The second-order valence-electron chi connectivity index (χ2n) is 4.49. The molecular weight excluding hydrogens is 224 g/mol. The minimum absolute atomic E-state index is 0.254. The van der Waals surface area contributed by atoms with E-state index < -0.39 is 0 Å². The monoisotopic (exact) mass is 244 g/mol. The Morgan fingerprint density at radius 1 is 0.688 bits per heavy atom. The molecule has 0 heterocycles. The predicted molar refractivity (Wildman–Crippen MR) is 79.5 cm³/mol.